The lowest BCUT2D eigenvalue weighted by atomic mass is 10.1. The first-order valence-electron chi connectivity index (χ1n) is 9.29. The lowest BCUT2D eigenvalue weighted by Gasteiger charge is -2.11. The van der Waals surface area contributed by atoms with Gasteiger partial charge in [0.2, 0.25) is 0 Å². The summed E-state index contributed by atoms with van der Waals surface area (Å²) in [4.78, 5) is 4.62. The van der Waals surface area contributed by atoms with E-state index in [0.717, 1.165) is 42.3 Å². The molecule has 0 aromatic heterocycles. The van der Waals surface area contributed by atoms with Crippen LogP contribution in [-0.2, 0) is 17.7 Å². The zero-order valence-electron chi connectivity index (χ0n) is 16.5. The van der Waals surface area contributed by atoms with Gasteiger partial charge in [-0.3, -0.25) is 0 Å². The summed E-state index contributed by atoms with van der Waals surface area (Å²) in [5.41, 5.74) is 3.17. The zero-order chi connectivity index (χ0) is 19.3. The molecular formula is C21H30FIN4O. The molecule has 0 saturated heterocycles. The second-order valence-electron chi connectivity index (χ2n) is 6.12. The average Bonchev–Trinajstić information content (AvgIpc) is 2.67. The molecule has 0 aliphatic heterocycles. The molecule has 2 rings (SSSR count). The van der Waals surface area contributed by atoms with Crippen LogP contribution in [-0.4, -0.2) is 39.3 Å². The SMILES string of the molecule is CCNC(=NCc1ccc(NCCOC)cc1)NCCc1cccc(F)c1.I. The Morgan fingerprint density at radius 1 is 1.04 bits per heavy atom. The van der Waals surface area contributed by atoms with Gasteiger partial charge in [0.25, 0.3) is 0 Å². The van der Waals surface area contributed by atoms with Gasteiger partial charge in [0, 0.05) is 32.4 Å². The predicted molar refractivity (Wildman–Crippen MR) is 125 cm³/mol. The maximum absolute atomic E-state index is 13.2. The number of guanidine groups is 1. The van der Waals surface area contributed by atoms with Crippen molar-refractivity contribution in [1.82, 2.24) is 10.6 Å². The number of halogens is 2. The summed E-state index contributed by atoms with van der Waals surface area (Å²) in [7, 11) is 1.69. The van der Waals surface area contributed by atoms with Gasteiger partial charge in [-0.1, -0.05) is 24.3 Å². The summed E-state index contributed by atoms with van der Waals surface area (Å²) in [5.74, 6) is 0.560. The fourth-order valence-corrected chi connectivity index (χ4v) is 2.56. The van der Waals surface area contributed by atoms with Gasteiger partial charge in [0.15, 0.2) is 5.96 Å². The molecule has 0 unspecified atom stereocenters. The van der Waals surface area contributed by atoms with Crippen molar-refractivity contribution in [3.63, 3.8) is 0 Å². The van der Waals surface area contributed by atoms with Crippen LogP contribution < -0.4 is 16.0 Å². The third-order valence-electron chi connectivity index (χ3n) is 3.95. The second-order valence-corrected chi connectivity index (χ2v) is 6.12. The minimum absolute atomic E-state index is 0. The van der Waals surface area contributed by atoms with Crippen LogP contribution in [0.15, 0.2) is 53.5 Å². The van der Waals surface area contributed by atoms with Gasteiger partial charge in [0.1, 0.15) is 5.82 Å². The number of hydrogen-bond donors (Lipinski definition) is 3. The van der Waals surface area contributed by atoms with E-state index < -0.39 is 0 Å². The molecule has 3 N–H and O–H groups in total. The van der Waals surface area contributed by atoms with E-state index in [0.29, 0.717) is 19.7 Å². The lowest BCUT2D eigenvalue weighted by Crippen LogP contribution is -2.38. The molecule has 0 spiro atoms. The standard InChI is InChI=1S/C21H29FN4O.HI/c1-3-23-21(25-12-11-17-5-4-6-19(22)15-17)26-16-18-7-9-20(10-8-18)24-13-14-27-2;/h4-10,15,24H,3,11-14,16H2,1-2H3,(H2,23,25,26);1H. The van der Waals surface area contributed by atoms with Crippen LogP contribution in [0.2, 0.25) is 0 Å². The van der Waals surface area contributed by atoms with Crippen molar-refractivity contribution in [3.05, 3.63) is 65.5 Å². The zero-order valence-corrected chi connectivity index (χ0v) is 18.8. The molecule has 0 fully saturated rings. The van der Waals surface area contributed by atoms with Crippen LogP contribution in [0, 0.1) is 5.82 Å². The Labute approximate surface area is 184 Å². The van der Waals surface area contributed by atoms with Crippen molar-refractivity contribution in [2.75, 3.05) is 38.7 Å². The van der Waals surface area contributed by atoms with E-state index in [4.69, 9.17) is 4.74 Å². The van der Waals surface area contributed by atoms with Crippen molar-refractivity contribution >= 4 is 35.6 Å². The summed E-state index contributed by atoms with van der Waals surface area (Å²) < 4.78 is 18.3. The molecule has 0 aliphatic carbocycles. The molecule has 7 heteroatoms. The first kappa shape index (κ1) is 24.2. The molecule has 0 atom stereocenters. The maximum Gasteiger partial charge on any atom is 0.191 e. The largest absolute Gasteiger partial charge is 0.383 e. The molecule has 0 amide bonds. The maximum atomic E-state index is 13.2. The van der Waals surface area contributed by atoms with Gasteiger partial charge in [-0.15, -0.1) is 24.0 Å². The Morgan fingerprint density at radius 3 is 2.50 bits per heavy atom. The third kappa shape index (κ3) is 9.36. The van der Waals surface area contributed by atoms with Gasteiger partial charge in [0.05, 0.1) is 13.2 Å². The van der Waals surface area contributed by atoms with E-state index in [2.05, 4.69) is 33.1 Å². The first-order valence-corrected chi connectivity index (χ1v) is 9.29. The normalized spacial score (nSPS) is 10.9. The van der Waals surface area contributed by atoms with Crippen LogP contribution in [0.1, 0.15) is 18.1 Å². The third-order valence-corrected chi connectivity index (χ3v) is 3.95. The van der Waals surface area contributed by atoms with Gasteiger partial charge in [-0.2, -0.15) is 0 Å². The number of hydrogen-bond acceptors (Lipinski definition) is 3. The molecule has 0 aliphatic rings. The molecule has 2 aromatic rings. The van der Waals surface area contributed by atoms with E-state index in [1.807, 2.05) is 25.1 Å². The van der Waals surface area contributed by atoms with Gasteiger partial charge >= 0.3 is 0 Å². The highest BCUT2D eigenvalue weighted by Crippen LogP contribution is 2.10. The second kappa shape index (κ2) is 14.2. The van der Waals surface area contributed by atoms with Crippen LogP contribution in [0.4, 0.5) is 10.1 Å². The van der Waals surface area contributed by atoms with Crippen LogP contribution in [0.3, 0.4) is 0 Å². The summed E-state index contributed by atoms with van der Waals surface area (Å²) in [6, 6.07) is 14.9. The lowest BCUT2D eigenvalue weighted by molar-refractivity contribution is 0.211. The highest BCUT2D eigenvalue weighted by atomic mass is 127. The Balaban J connectivity index is 0.00000392. The number of benzene rings is 2. The van der Waals surface area contributed by atoms with Gasteiger partial charge in [-0.05, 0) is 48.7 Å². The Kier molecular flexibility index (Phi) is 12.2. The van der Waals surface area contributed by atoms with E-state index in [1.165, 1.54) is 6.07 Å². The summed E-state index contributed by atoms with van der Waals surface area (Å²) in [6.45, 7) is 5.57. The Hall–Kier alpha value is -1.87. The monoisotopic (exact) mass is 500 g/mol. The quantitative estimate of drug-likeness (QED) is 0.201. The van der Waals surface area contributed by atoms with Crippen LogP contribution in [0.5, 0.6) is 0 Å². The molecule has 2 aromatic carbocycles. The fraction of sp³-hybridized carbons (Fsp3) is 0.381. The summed E-state index contributed by atoms with van der Waals surface area (Å²) >= 11 is 0. The molecule has 5 nitrogen and oxygen atoms in total. The highest BCUT2D eigenvalue weighted by molar-refractivity contribution is 14.0. The van der Waals surface area contributed by atoms with E-state index in [-0.39, 0.29) is 29.8 Å². The molecule has 0 heterocycles. The minimum atomic E-state index is -0.201. The topological polar surface area (TPSA) is 57.7 Å². The number of anilines is 1. The van der Waals surface area contributed by atoms with Crippen LogP contribution in [0.25, 0.3) is 0 Å². The van der Waals surface area contributed by atoms with Crippen molar-refractivity contribution in [1.29, 1.82) is 0 Å². The molecule has 154 valence electrons. The fourth-order valence-electron chi connectivity index (χ4n) is 2.56. The van der Waals surface area contributed by atoms with Crippen molar-refractivity contribution in [2.45, 2.75) is 19.9 Å². The highest BCUT2D eigenvalue weighted by Gasteiger charge is 2.00. The van der Waals surface area contributed by atoms with E-state index >= 15 is 0 Å². The summed E-state index contributed by atoms with van der Waals surface area (Å²) in [6.07, 6.45) is 0.740. The number of methoxy groups -OCH3 is 1. The number of rotatable bonds is 10. The van der Waals surface area contributed by atoms with Gasteiger partial charge in [-0.25, -0.2) is 9.38 Å². The molecular weight excluding hydrogens is 470 g/mol. The van der Waals surface area contributed by atoms with Crippen molar-refractivity contribution in [3.8, 4) is 0 Å². The average molecular weight is 500 g/mol. The number of aliphatic imine (C=N–C) groups is 1. The van der Waals surface area contributed by atoms with E-state index in [1.54, 1.807) is 19.2 Å². The predicted octanol–water partition coefficient (Wildman–Crippen LogP) is 3.80. The van der Waals surface area contributed by atoms with E-state index in [9.17, 15) is 4.39 Å². The molecule has 0 bridgehead atoms. The number of nitrogens with one attached hydrogen (secondary N) is 3. The number of nitrogens with zero attached hydrogens (tertiary/aromatic N) is 1. The number of ether oxygens (including phenoxy) is 1. The molecule has 0 saturated carbocycles. The van der Waals surface area contributed by atoms with Gasteiger partial charge < -0.3 is 20.7 Å². The van der Waals surface area contributed by atoms with Crippen molar-refractivity contribution < 1.29 is 9.13 Å². The Bertz CT molecular complexity index is 710. The first-order chi connectivity index (χ1) is 13.2. The molecule has 0 radical (unpaired) electrons. The van der Waals surface area contributed by atoms with Crippen molar-refractivity contribution in [2.24, 2.45) is 4.99 Å². The van der Waals surface area contributed by atoms with Crippen LogP contribution >= 0.6 is 24.0 Å². The summed E-state index contributed by atoms with van der Waals surface area (Å²) in [5, 5.41) is 9.82. The smallest absolute Gasteiger partial charge is 0.191 e. The molecule has 28 heavy (non-hydrogen) atoms. The minimum Gasteiger partial charge on any atom is -0.383 e. The Morgan fingerprint density at radius 2 is 1.82 bits per heavy atom.